The molecule has 2 aromatic rings. The molecule has 2 aromatic heterocycles. The van der Waals surface area contributed by atoms with Crippen LogP contribution in [0, 0.1) is 0 Å². The summed E-state index contributed by atoms with van der Waals surface area (Å²) in [6.07, 6.45) is 4.73. The number of aromatic nitrogens is 3. The Balaban J connectivity index is 2.13. The topological polar surface area (TPSA) is 59.8 Å². The van der Waals surface area contributed by atoms with Gasteiger partial charge in [-0.05, 0) is 12.1 Å². The Bertz CT molecular complexity index is 523. The summed E-state index contributed by atoms with van der Waals surface area (Å²) in [5.74, 6) is -0.275. The van der Waals surface area contributed by atoms with Crippen LogP contribution in [0.2, 0.25) is 5.15 Å². The standard InChI is InChI=1S/C10H9ClN4O/c1-15-5-8(13-6-15)10(16)14-7-2-3-12-9(11)4-7/h2-6H,1H3,(H,12,14,16). The molecule has 0 unspecified atom stereocenters. The average Bonchev–Trinajstić information content (AvgIpc) is 2.65. The lowest BCUT2D eigenvalue weighted by atomic mass is 10.3. The number of amides is 1. The predicted octanol–water partition coefficient (Wildman–Crippen LogP) is 1.72. The number of aryl methyl sites for hydroxylation is 1. The third-order valence-electron chi connectivity index (χ3n) is 1.92. The van der Waals surface area contributed by atoms with Crippen molar-refractivity contribution in [2.75, 3.05) is 5.32 Å². The number of hydrogen-bond acceptors (Lipinski definition) is 3. The molecule has 0 radical (unpaired) electrons. The highest BCUT2D eigenvalue weighted by molar-refractivity contribution is 6.29. The van der Waals surface area contributed by atoms with Crippen LogP contribution in [0.1, 0.15) is 10.5 Å². The first kappa shape index (κ1) is 10.6. The summed E-state index contributed by atoms with van der Waals surface area (Å²) in [5.41, 5.74) is 0.950. The van der Waals surface area contributed by atoms with Gasteiger partial charge < -0.3 is 9.88 Å². The molecule has 0 atom stereocenters. The molecule has 16 heavy (non-hydrogen) atoms. The average molecular weight is 237 g/mol. The van der Waals surface area contributed by atoms with Crippen LogP contribution in [0.15, 0.2) is 30.9 Å². The number of halogens is 1. The number of pyridine rings is 1. The molecule has 0 saturated heterocycles. The van der Waals surface area contributed by atoms with Crippen molar-refractivity contribution in [3.8, 4) is 0 Å². The molecule has 1 N–H and O–H groups in total. The van der Waals surface area contributed by atoms with Gasteiger partial charge in [-0.25, -0.2) is 9.97 Å². The van der Waals surface area contributed by atoms with Crippen molar-refractivity contribution in [3.63, 3.8) is 0 Å². The molecule has 6 heteroatoms. The van der Waals surface area contributed by atoms with Crippen molar-refractivity contribution >= 4 is 23.2 Å². The van der Waals surface area contributed by atoms with Gasteiger partial charge in [-0.1, -0.05) is 11.6 Å². The van der Waals surface area contributed by atoms with E-state index in [1.165, 1.54) is 6.20 Å². The lowest BCUT2D eigenvalue weighted by molar-refractivity contribution is 0.102. The van der Waals surface area contributed by atoms with E-state index in [2.05, 4.69) is 15.3 Å². The molecule has 2 heterocycles. The highest BCUT2D eigenvalue weighted by Crippen LogP contribution is 2.12. The second-order valence-corrected chi connectivity index (χ2v) is 3.63. The zero-order chi connectivity index (χ0) is 11.5. The highest BCUT2D eigenvalue weighted by atomic mass is 35.5. The van der Waals surface area contributed by atoms with Crippen LogP contribution in [-0.2, 0) is 7.05 Å². The van der Waals surface area contributed by atoms with Gasteiger partial charge in [-0.3, -0.25) is 4.79 Å². The highest BCUT2D eigenvalue weighted by Gasteiger charge is 2.08. The molecule has 0 aliphatic heterocycles. The van der Waals surface area contributed by atoms with E-state index in [0.717, 1.165) is 0 Å². The van der Waals surface area contributed by atoms with Crippen molar-refractivity contribution in [2.45, 2.75) is 0 Å². The van der Waals surface area contributed by atoms with Crippen molar-refractivity contribution in [1.29, 1.82) is 0 Å². The van der Waals surface area contributed by atoms with Crippen molar-refractivity contribution in [3.05, 3.63) is 41.7 Å². The summed E-state index contributed by atoms with van der Waals surface area (Å²) >= 11 is 5.70. The van der Waals surface area contributed by atoms with Crippen LogP contribution in [0.5, 0.6) is 0 Å². The van der Waals surface area contributed by atoms with Crippen LogP contribution in [0.3, 0.4) is 0 Å². The van der Waals surface area contributed by atoms with Gasteiger partial charge in [0.2, 0.25) is 0 Å². The third-order valence-corrected chi connectivity index (χ3v) is 2.13. The van der Waals surface area contributed by atoms with Gasteiger partial charge in [0.05, 0.1) is 6.33 Å². The Morgan fingerprint density at radius 1 is 1.50 bits per heavy atom. The normalized spacial score (nSPS) is 10.1. The van der Waals surface area contributed by atoms with Crippen molar-refractivity contribution in [2.24, 2.45) is 7.05 Å². The first-order chi connectivity index (χ1) is 7.65. The Kier molecular flexibility index (Phi) is 2.87. The molecule has 0 aromatic carbocycles. The lowest BCUT2D eigenvalue weighted by Gasteiger charge is -2.02. The van der Waals surface area contributed by atoms with Gasteiger partial charge in [0.15, 0.2) is 0 Å². The fourth-order valence-electron chi connectivity index (χ4n) is 1.21. The van der Waals surface area contributed by atoms with E-state index in [0.29, 0.717) is 16.5 Å². The molecule has 2 rings (SSSR count). The van der Waals surface area contributed by atoms with E-state index in [1.54, 1.807) is 36.3 Å². The van der Waals surface area contributed by atoms with Crippen LogP contribution >= 0.6 is 11.6 Å². The van der Waals surface area contributed by atoms with E-state index in [1.807, 2.05) is 0 Å². The number of imidazole rings is 1. The zero-order valence-electron chi connectivity index (χ0n) is 8.51. The van der Waals surface area contributed by atoms with Crippen LogP contribution in [0.25, 0.3) is 0 Å². The minimum Gasteiger partial charge on any atom is -0.340 e. The summed E-state index contributed by atoms with van der Waals surface area (Å²) in [4.78, 5) is 19.4. The van der Waals surface area contributed by atoms with E-state index in [4.69, 9.17) is 11.6 Å². The van der Waals surface area contributed by atoms with E-state index in [9.17, 15) is 4.79 Å². The molecule has 0 fully saturated rings. The number of carbonyl (C=O) groups excluding carboxylic acids is 1. The predicted molar refractivity (Wildman–Crippen MR) is 60.4 cm³/mol. The number of anilines is 1. The summed E-state index contributed by atoms with van der Waals surface area (Å²) in [7, 11) is 1.80. The molecule has 0 saturated carbocycles. The van der Waals surface area contributed by atoms with Crippen molar-refractivity contribution < 1.29 is 4.79 Å². The second-order valence-electron chi connectivity index (χ2n) is 3.25. The number of carbonyl (C=O) groups is 1. The lowest BCUT2D eigenvalue weighted by Crippen LogP contribution is -2.12. The van der Waals surface area contributed by atoms with Gasteiger partial charge in [0, 0.05) is 25.1 Å². The SMILES string of the molecule is Cn1cnc(C(=O)Nc2ccnc(Cl)c2)c1. The van der Waals surface area contributed by atoms with E-state index in [-0.39, 0.29) is 5.91 Å². The number of nitrogens with zero attached hydrogens (tertiary/aromatic N) is 3. The maximum absolute atomic E-state index is 11.7. The number of rotatable bonds is 2. The number of nitrogens with one attached hydrogen (secondary N) is 1. The molecule has 82 valence electrons. The molecule has 0 aliphatic rings. The van der Waals surface area contributed by atoms with Crippen LogP contribution in [-0.4, -0.2) is 20.4 Å². The maximum Gasteiger partial charge on any atom is 0.275 e. The third kappa shape index (κ3) is 2.38. The summed E-state index contributed by atoms with van der Waals surface area (Å²) in [6, 6.07) is 3.23. The minimum absolute atomic E-state index is 0.275. The summed E-state index contributed by atoms with van der Waals surface area (Å²) < 4.78 is 1.70. The summed E-state index contributed by atoms with van der Waals surface area (Å²) in [6.45, 7) is 0. The zero-order valence-corrected chi connectivity index (χ0v) is 9.27. The molecule has 0 bridgehead atoms. The van der Waals surface area contributed by atoms with Gasteiger partial charge in [0.25, 0.3) is 5.91 Å². The monoisotopic (exact) mass is 236 g/mol. The Labute approximate surface area is 97.1 Å². The van der Waals surface area contributed by atoms with Crippen LogP contribution < -0.4 is 5.32 Å². The van der Waals surface area contributed by atoms with Gasteiger partial charge in [-0.15, -0.1) is 0 Å². The first-order valence-electron chi connectivity index (χ1n) is 4.56. The molecule has 1 amide bonds. The van der Waals surface area contributed by atoms with Gasteiger partial charge in [-0.2, -0.15) is 0 Å². The maximum atomic E-state index is 11.7. The first-order valence-corrected chi connectivity index (χ1v) is 4.94. The number of hydrogen-bond donors (Lipinski definition) is 1. The fraction of sp³-hybridized carbons (Fsp3) is 0.100. The largest absolute Gasteiger partial charge is 0.340 e. The Hall–Kier alpha value is -1.88. The van der Waals surface area contributed by atoms with E-state index < -0.39 is 0 Å². The van der Waals surface area contributed by atoms with Gasteiger partial charge in [0.1, 0.15) is 10.8 Å². The van der Waals surface area contributed by atoms with Gasteiger partial charge >= 0.3 is 0 Å². The van der Waals surface area contributed by atoms with Crippen LogP contribution in [0.4, 0.5) is 5.69 Å². The molecular formula is C10H9ClN4O. The Morgan fingerprint density at radius 2 is 2.31 bits per heavy atom. The van der Waals surface area contributed by atoms with E-state index >= 15 is 0 Å². The molecule has 5 nitrogen and oxygen atoms in total. The second kappa shape index (κ2) is 4.32. The molecular weight excluding hydrogens is 228 g/mol. The quantitative estimate of drug-likeness (QED) is 0.808. The fourth-order valence-corrected chi connectivity index (χ4v) is 1.38. The minimum atomic E-state index is -0.275. The summed E-state index contributed by atoms with van der Waals surface area (Å²) in [5, 5.41) is 3.01. The molecule has 0 aliphatic carbocycles. The molecule has 0 spiro atoms. The Morgan fingerprint density at radius 3 is 2.94 bits per heavy atom. The smallest absolute Gasteiger partial charge is 0.275 e. The van der Waals surface area contributed by atoms with Crippen molar-refractivity contribution in [1.82, 2.24) is 14.5 Å².